The smallest absolute Gasteiger partial charge is 0.161 e. The highest BCUT2D eigenvalue weighted by Gasteiger charge is 2.22. The van der Waals surface area contributed by atoms with Gasteiger partial charge in [0.25, 0.3) is 0 Å². The number of aryl methyl sites for hydroxylation is 1. The van der Waals surface area contributed by atoms with Crippen molar-refractivity contribution >= 4 is 16.7 Å². The van der Waals surface area contributed by atoms with Crippen molar-refractivity contribution in [2.24, 2.45) is 0 Å². The van der Waals surface area contributed by atoms with Crippen LogP contribution in [0.25, 0.3) is 11.0 Å². The van der Waals surface area contributed by atoms with Gasteiger partial charge >= 0.3 is 0 Å². The van der Waals surface area contributed by atoms with E-state index in [0.29, 0.717) is 35.2 Å². The van der Waals surface area contributed by atoms with Crippen molar-refractivity contribution in [1.29, 1.82) is 0 Å². The van der Waals surface area contributed by atoms with Gasteiger partial charge < -0.3 is 9.47 Å². The first-order valence-electron chi connectivity index (χ1n) is 7.55. The Kier molecular flexibility index (Phi) is 3.44. The molecule has 0 atom stereocenters. The average molecular weight is 335 g/mol. The van der Waals surface area contributed by atoms with Gasteiger partial charge in [-0.05, 0) is 24.5 Å². The van der Waals surface area contributed by atoms with Gasteiger partial charge in [0.2, 0.25) is 0 Å². The van der Waals surface area contributed by atoms with Gasteiger partial charge in [-0.25, -0.2) is 22.5 Å². The zero-order valence-electron chi connectivity index (χ0n) is 12.6. The molecule has 1 aliphatic heterocycles. The first kappa shape index (κ1) is 15.0. The van der Waals surface area contributed by atoms with E-state index in [4.69, 9.17) is 0 Å². The summed E-state index contributed by atoms with van der Waals surface area (Å²) in [6, 6.07) is 4.30. The predicted octanol–water partition coefficient (Wildman–Crippen LogP) is 4.00. The predicted molar refractivity (Wildman–Crippen MR) is 81.7 cm³/mol. The van der Waals surface area contributed by atoms with Crippen LogP contribution in [0.3, 0.4) is 0 Å². The maximum atomic E-state index is 14.2. The van der Waals surface area contributed by atoms with E-state index in [1.807, 2.05) is 0 Å². The van der Waals surface area contributed by atoms with E-state index in [1.165, 1.54) is 12.4 Å². The number of halogens is 4. The van der Waals surface area contributed by atoms with Crippen LogP contribution >= 0.6 is 0 Å². The molecule has 0 radical (unpaired) electrons. The van der Waals surface area contributed by atoms with Gasteiger partial charge in [0, 0.05) is 24.7 Å². The maximum absolute atomic E-state index is 14.2. The molecule has 2 heterocycles. The van der Waals surface area contributed by atoms with Crippen molar-refractivity contribution in [3.8, 4) is 0 Å². The van der Waals surface area contributed by atoms with Crippen LogP contribution in [0.1, 0.15) is 12.0 Å². The van der Waals surface area contributed by atoms with Crippen LogP contribution < -0.4 is 4.90 Å². The van der Waals surface area contributed by atoms with Crippen molar-refractivity contribution in [3.05, 3.63) is 59.4 Å². The van der Waals surface area contributed by atoms with E-state index in [0.717, 1.165) is 24.6 Å². The van der Waals surface area contributed by atoms with Crippen LogP contribution in [-0.2, 0) is 13.1 Å². The van der Waals surface area contributed by atoms with Crippen LogP contribution in [0, 0.1) is 23.3 Å². The summed E-state index contributed by atoms with van der Waals surface area (Å²) in [6.07, 6.45) is 2.82. The highest BCUT2D eigenvalue weighted by Crippen LogP contribution is 2.32. The summed E-state index contributed by atoms with van der Waals surface area (Å²) in [5.41, 5.74) is 1.71. The van der Waals surface area contributed by atoms with E-state index >= 15 is 0 Å². The van der Waals surface area contributed by atoms with Crippen LogP contribution in [0.2, 0.25) is 0 Å². The summed E-state index contributed by atoms with van der Waals surface area (Å²) in [7, 11) is 0. The molecule has 0 aliphatic carbocycles. The van der Waals surface area contributed by atoms with Gasteiger partial charge in [-0.1, -0.05) is 0 Å². The number of hydrogen-bond acceptors (Lipinski definition) is 2. The number of rotatable bonds is 2. The molecule has 0 fully saturated rings. The number of imidazole rings is 1. The molecule has 1 aromatic heterocycles. The van der Waals surface area contributed by atoms with Crippen LogP contribution in [-0.4, -0.2) is 16.1 Å². The lowest BCUT2D eigenvalue weighted by Crippen LogP contribution is -2.32. The van der Waals surface area contributed by atoms with Gasteiger partial charge in [0.15, 0.2) is 11.6 Å². The van der Waals surface area contributed by atoms with Crippen LogP contribution in [0.15, 0.2) is 30.6 Å². The lowest BCUT2D eigenvalue weighted by atomic mass is 10.0. The number of benzene rings is 2. The Morgan fingerprint density at radius 1 is 0.958 bits per heavy atom. The molecule has 0 bridgehead atoms. The second-order valence-corrected chi connectivity index (χ2v) is 5.87. The molecule has 24 heavy (non-hydrogen) atoms. The van der Waals surface area contributed by atoms with Gasteiger partial charge in [0.05, 0.1) is 29.7 Å². The molecule has 2 aromatic carbocycles. The third-order valence-electron chi connectivity index (χ3n) is 4.28. The fourth-order valence-electron chi connectivity index (χ4n) is 3.23. The average Bonchev–Trinajstić information content (AvgIpc) is 2.89. The van der Waals surface area contributed by atoms with E-state index < -0.39 is 23.3 Å². The number of nitrogens with zero attached hydrogens (tertiary/aromatic N) is 3. The van der Waals surface area contributed by atoms with Crippen LogP contribution in [0.4, 0.5) is 23.2 Å². The third-order valence-corrected chi connectivity index (χ3v) is 4.28. The van der Waals surface area contributed by atoms with Crippen LogP contribution in [0.5, 0.6) is 0 Å². The molecule has 3 nitrogen and oxygen atoms in total. The molecule has 7 heteroatoms. The van der Waals surface area contributed by atoms with Gasteiger partial charge in [-0.15, -0.1) is 0 Å². The Bertz CT molecular complexity index is 935. The topological polar surface area (TPSA) is 21.1 Å². The Morgan fingerprint density at radius 2 is 1.75 bits per heavy atom. The number of fused-ring (bicyclic) bond motifs is 2. The zero-order valence-corrected chi connectivity index (χ0v) is 12.6. The molecule has 4 rings (SSSR count). The molecular weight excluding hydrogens is 322 g/mol. The monoisotopic (exact) mass is 335 g/mol. The second kappa shape index (κ2) is 5.51. The summed E-state index contributed by atoms with van der Waals surface area (Å²) < 4.78 is 56.0. The Hall–Kier alpha value is -2.57. The fraction of sp³-hybridized carbons (Fsp3) is 0.235. The molecule has 0 unspecified atom stereocenters. The first-order chi connectivity index (χ1) is 11.5. The minimum atomic E-state index is -0.962. The highest BCUT2D eigenvalue weighted by atomic mass is 19.2. The molecule has 0 spiro atoms. The lowest BCUT2D eigenvalue weighted by molar-refractivity contribution is 0.509. The van der Waals surface area contributed by atoms with Crippen molar-refractivity contribution < 1.29 is 17.6 Å². The molecule has 3 aromatic rings. The summed E-state index contributed by atoms with van der Waals surface area (Å²) in [5, 5.41) is 0. The molecule has 0 saturated heterocycles. The number of aromatic nitrogens is 2. The summed E-state index contributed by atoms with van der Waals surface area (Å²) in [4.78, 5) is 5.81. The number of hydrogen-bond donors (Lipinski definition) is 0. The van der Waals surface area contributed by atoms with E-state index in [1.54, 1.807) is 9.47 Å². The van der Waals surface area contributed by atoms with Crippen molar-refractivity contribution in [2.75, 3.05) is 11.4 Å². The number of anilines is 1. The Balaban J connectivity index is 1.74. The highest BCUT2D eigenvalue weighted by molar-refractivity contribution is 5.75. The standard InChI is InChI=1S/C17H13F4N3/c18-11-4-10-2-1-3-23(17(10)14(21)5-11)9-24-8-22-15-6-12(19)13(20)7-16(15)24/h4-8H,1-3,9H2. The molecular formula is C17H13F4N3. The minimum absolute atomic E-state index is 0.219. The Labute approximate surface area is 135 Å². The summed E-state index contributed by atoms with van der Waals surface area (Å²) >= 11 is 0. The second-order valence-electron chi connectivity index (χ2n) is 5.87. The quantitative estimate of drug-likeness (QED) is 0.660. The lowest BCUT2D eigenvalue weighted by Gasteiger charge is -2.32. The van der Waals surface area contributed by atoms with E-state index in [9.17, 15) is 17.6 Å². The maximum Gasteiger partial charge on any atom is 0.161 e. The fourth-order valence-corrected chi connectivity index (χ4v) is 3.23. The normalized spacial score (nSPS) is 14.2. The molecule has 0 N–H and O–H groups in total. The van der Waals surface area contributed by atoms with Gasteiger partial charge in [-0.3, -0.25) is 0 Å². The summed E-state index contributed by atoms with van der Waals surface area (Å²) in [5.74, 6) is -3.14. The molecule has 1 aliphatic rings. The minimum Gasteiger partial charge on any atom is -0.351 e. The van der Waals surface area contributed by atoms with Gasteiger partial charge in [0.1, 0.15) is 11.6 Å². The summed E-state index contributed by atoms with van der Waals surface area (Å²) in [6.45, 7) is 0.802. The SMILES string of the molecule is Fc1cc(F)c2c(c1)CCCN2Cn1cnc2cc(F)c(F)cc21. The Morgan fingerprint density at radius 3 is 2.58 bits per heavy atom. The van der Waals surface area contributed by atoms with E-state index in [2.05, 4.69) is 4.98 Å². The molecule has 124 valence electrons. The van der Waals surface area contributed by atoms with Crippen molar-refractivity contribution in [2.45, 2.75) is 19.5 Å². The molecule has 0 amide bonds. The van der Waals surface area contributed by atoms with Gasteiger partial charge in [-0.2, -0.15) is 0 Å². The van der Waals surface area contributed by atoms with Crippen molar-refractivity contribution in [1.82, 2.24) is 9.55 Å². The van der Waals surface area contributed by atoms with Crippen molar-refractivity contribution in [3.63, 3.8) is 0 Å². The molecule has 0 saturated carbocycles. The third kappa shape index (κ3) is 2.40. The van der Waals surface area contributed by atoms with E-state index in [-0.39, 0.29) is 6.67 Å². The zero-order chi connectivity index (χ0) is 16.8. The largest absolute Gasteiger partial charge is 0.351 e. The first-order valence-corrected chi connectivity index (χ1v) is 7.55.